The van der Waals surface area contributed by atoms with Crippen molar-refractivity contribution in [2.45, 2.75) is 59.8 Å². The maximum absolute atomic E-state index is 8.94. The van der Waals surface area contributed by atoms with Crippen LogP contribution in [0.2, 0.25) is 0 Å². The summed E-state index contributed by atoms with van der Waals surface area (Å²) in [5.74, 6) is 0. The molecule has 0 aromatic heterocycles. The Balaban J connectivity index is 2.11. The first kappa shape index (κ1) is 14.5. The van der Waals surface area contributed by atoms with E-state index < -0.39 is 0 Å². The highest BCUT2D eigenvalue weighted by Crippen LogP contribution is 2.30. The molecule has 0 bridgehead atoms. The molecule has 0 aromatic carbocycles. The highest BCUT2D eigenvalue weighted by molar-refractivity contribution is 4.91. The van der Waals surface area contributed by atoms with Crippen molar-refractivity contribution in [1.82, 2.24) is 4.90 Å². The highest BCUT2D eigenvalue weighted by Gasteiger charge is 2.24. The molecule has 0 atom stereocenters. The normalized spacial score (nSPS) is 21.1. The molecule has 0 aliphatic carbocycles. The van der Waals surface area contributed by atoms with Gasteiger partial charge in [0.05, 0.1) is 11.5 Å². The van der Waals surface area contributed by atoms with Crippen LogP contribution in [-0.4, -0.2) is 24.5 Å². The van der Waals surface area contributed by atoms with Gasteiger partial charge in [-0.05, 0) is 64.6 Å². The molecule has 0 unspecified atom stereocenters. The Labute approximate surface area is 107 Å². The van der Waals surface area contributed by atoms with Crippen LogP contribution in [0.25, 0.3) is 0 Å². The number of hydrogen-bond acceptors (Lipinski definition) is 2. The molecule has 1 aliphatic heterocycles. The van der Waals surface area contributed by atoms with Crippen molar-refractivity contribution in [1.29, 1.82) is 5.26 Å². The minimum absolute atomic E-state index is 0.135. The van der Waals surface area contributed by atoms with Crippen LogP contribution in [0.3, 0.4) is 0 Å². The number of nitriles is 1. The van der Waals surface area contributed by atoms with Crippen LogP contribution in [0.4, 0.5) is 0 Å². The van der Waals surface area contributed by atoms with Gasteiger partial charge in [0.1, 0.15) is 0 Å². The van der Waals surface area contributed by atoms with Crippen LogP contribution in [0.1, 0.15) is 59.8 Å². The molecule has 1 aliphatic rings. The van der Waals surface area contributed by atoms with Gasteiger partial charge in [0.25, 0.3) is 0 Å². The summed E-state index contributed by atoms with van der Waals surface area (Å²) in [5.41, 5.74) is 0.420. The van der Waals surface area contributed by atoms with Gasteiger partial charge in [-0.15, -0.1) is 0 Å². The molecule has 98 valence electrons. The van der Waals surface area contributed by atoms with Gasteiger partial charge in [0.2, 0.25) is 0 Å². The summed E-state index contributed by atoms with van der Waals surface area (Å²) in [6.07, 6.45) is 6.11. The maximum Gasteiger partial charge on any atom is 0.0683 e. The Morgan fingerprint density at radius 1 is 1.18 bits per heavy atom. The molecule has 1 fully saturated rings. The average Bonchev–Trinajstić information content (AvgIpc) is 2.26. The standard InChI is InChI=1S/C15H28N2/c1-14(2)8-11-17(12-9-14)10-6-5-7-15(3,4)13-16/h5-12H2,1-4H3. The summed E-state index contributed by atoms with van der Waals surface area (Å²) in [4.78, 5) is 2.59. The van der Waals surface area contributed by atoms with Crippen LogP contribution >= 0.6 is 0 Å². The van der Waals surface area contributed by atoms with Gasteiger partial charge in [-0.25, -0.2) is 0 Å². The molecule has 0 radical (unpaired) electrons. The predicted octanol–water partition coefficient (Wildman–Crippen LogP) is 3.83. The molecule has 1 saturated heterocycles. The summed E-state index contributed by atoms with van der Waals surface area (Å²) in [7, 11) is 0. The van der Waals surface area contributed by atoms with Crippen molar-refractivity contribution in [3.63, 3.8) is 0 Å². The second-order valence-electron chi connectivity index (χ2n) is 6.96. The molecule has 1 rings (SSSR count). The Kier molecular flexibility index (Phi) is 5.01. The molecule has 0 spiro atoms. The van der Waals surface area contributed by atoms with Gasteiger partial charge in [-0.1, -0.05) is 20.3 Å². The Bertz CT molecular complexity index is 263. The zero-order chi connectivity index (χ0) is 12.9. The van der Waals surface area contributed by atoms with E-state index in [2.05, 4.69) is 24.8 Å². The Hall–Kier alpha value is -0.550. The Morgan fingerprint density at radius 2 is 1.76 bits per heavy atom. The van der Waals surface area contributed by atoms with Crippen molar-refractivity contribution in [3.05, 3.63) is 0 Å². The van der Waals surface area contributed by atoms with E-state index in [-0.39, 0.29) is 5.41 Å². The third-order valence-electron chi connectivity index (χ3n) is 4.04. The van der Waals surface area contributed by atoms with Gasteiger partial charge in [0.15, 0.2) is 0 Å². The number of likely N-dealkylation sites (tertiary alicyclic amines) is 1. The van der Waals surface area contributed by atoms with E-state index in [9.17, 15) is 0 Å². The lowest BCUT2D eigenvalue weighted by atomic mass is 9.82. The SMILES string of the molecule is CC(C)(C#N)CCCCN1CCC(C)(C)CC1. The third kappa shape index (κ3) is 5.55. The summed E-state index contributed by atoms with van der Waals surface area (Å²) in [5, 5.41) is 8.94. The van der Waals surface area contributed by atoms with E-state index in [1.54, 1.807) is 0 Å². The average molecular weight is 236 g/mol. The summed E-state index contributed by atoms with van der Waals surface area (Å²) >= 11 is 0. The van der Waals surface area contributed by atoms with E-state index >= 15 is 0 Å². The highest BCUT2D eigenvalue weighted by atomic mass is 15.1. The summed E-state index contributed by atoms with van der Waals surface area (Å²) < 4.78 is 0. The molecule has 0 saturated carbocycles. The molecule has 0 aromatic rings. The predicted molar refractivity (Wildman–Crippen MR) is 72.7 cm³/mol. The van der Waals surface area contributed by atoms with E-state index in [0.717, 1.165) is 6.42 Å². The Morgan fingerprint density at radius 3 is 2.29 bits per heavy atom. The van der Waals surface area contributed by atoms with Crippen LogP contribution in [0.15, 0.2) is 0 Å². The fourth-order valence-electron chi connectivity index (χ4n) is 2.34. The van der Waals surface area contributed by atoms with Crippen molar-refractivity contribution < 1.29 is 0 Å². The number of rotatable bonds is 5. The monoisotopic (exact) mass is 236 g/mol. The lowest BCUT2D eigenvalue weighted by Gasteiger charge is -2.37. The molecule has 1 heterocycles. The number of nitrogens with zero attached hydrogens (tertiary/aromatic N) is 2. The topological polar surface area (TPSA) is 27.0 Å². The first-order chi connectivity index (χ1) is 7.85. The van der Waals surface area contributed by atoms with Gasteiger partial charge < -0.3 is 4.90 Å². The second kappa shape index (κ2) is 5.87. The van der Waals surface area contributed by atoms with E-state index in [1.165, 1.54) is 45.3 Å². The summed E-state index contributed by atoms with van der Waals surface area (Å²) in [6.45, 7) is 12.6. The van der Waals surface area contributed by atoms with E-state index in [0.29, 0.717) is 5.41 Å². The quantitative estimate of drug-likeness (QED) is 0.678. The molecular weight excluding hydrogens is 208 g/mol. The van der Waals surface area contributed by atoms with Crippen molar-refractivity contribution in [3.8, 4) is 6.07 Å². The molecule has 2 heteroatoms. The maximum atomic E-state index is 8.94. The number of unbranched alkanes of at least 4 members (excludes halogenated alkanes) is 1. The fraction of sp³-hybridized carbons (Fsp3) is 0.933. The van der Waals surface area contributed by atoms with Crippen LogP contribution in [0.5, 0.6) is 0 Å². The van der Waals surface area contributed by atoms with Gasteiger partial charge in [0, 0.05) is 0 Å². The summed E-state index contributed by atoms with van der Waals surface area (Å²) in [6, 6.07) is 2.38. The lowest BCUT2D eigenvalue weighted by Crippen LogP contribution is -2.37. The first-order valence-corrected chi connectivity index (χ1v) is 6.98. The largest absolute Gasteiger partial charge is 0.303 e. The van der Waals surface area contributed by atoms with E-state index in [1.807, 2.05) is 13.8 Å². The zero-order valence-electron chi connectivity index (χ0n) is 12.1. The van der Waals surface area contributed by atoms with Gasteiger partial charge in [-0.2, -0.15) is 5.26 Å². The van der Waals surface area contributed by atoms with Gasteiger partial charge in [-0.3, -0.25) is 0 Å². The van der Waals surface area contributed by atoms with Crippen LogP contribution < -0.4 is 0 Å². The van der Waals surface area contributed by atoms with Gasteiger partial charge >= 0.3 is 0 Å². The van der Waals surface area contributed by atoms with Crippen molar-refractivity contribution in [2.24, 2.45) is 10.8 Å². The fourth-order valence-corrected chi connectivity index (χ4v) is 2.34. The van der Waals surface area contributed by atoms with Crippen LogP contribution in [0, 0.1) is 22.2 Å². The van der Waals surface area contributed by atoms with Crippen molar-refractivity contribution >= 4 is 0 Å². The first-order valence-electron chi connectivity index (χ1n) is 6.98. The number of piperidine rings is 1. The van der Waals surface area contributed by atoms with Crippen LogP contribution in [-0.2, 0) is 0 Å². The minimum Gasteiger partial charge on any atom is -0.303 e. The molecule has 17 heavy (non-hydrogen) atoms. The second-order valence-corrected chi connectivity index (χ2v) is 6.96. The zero-order valence-corrected chi connectivity index (χ0v) is 12.1. The third-order valence-corrected chi connectivity index (χ3v) is 4.04. The molecule has 0 amide bonds. The lowest BCUT2D eigenvalue weighted by molar-refractivity contribution is 0.130. The molecule has 0 N–H and O–H groups in total. The molecular formula is C15H28N2. The molecule has 2 nitrogen and oxygen atoms in total. The minimum atomic E-state index is -0.135. The van der Waals surface area contributed by atoms with Crippen molar-refractivity contribution in [2.75, 3.05) is 19.6 Å². The smallest absolute Gasteiger partial charge is 0.0683 e. The van der Waals surface area contributed by atoms with E-state index in [4.69, 9.17) is 5.26 Å². The number of hydrogen-bond donors (Lipinski definition) is 0.